The summed E-state index contributed by atoms with van der Waals surface area (Å²) in [5, 5.41) is 19.4. The zero-order valence-electron chi connectivity index (χ0n) is 12.1. The Bertz CT molecular complexity index is 520. The van der Waals surface area contributed by atoms with Crippen LogP contribution in [0.4, 0.5) is 10.1 Å². The maximum absolute atomic E-state index is 13.4. The summed E-state index contributed by atoms with van der Waals surface area (Å²) < 4.78 is 13.4. The number of nitrogens with zero attached hydrogens (tertiary/aromatic N) is 2. The van der Waals surface area contributed by atoms with Crippen LogP contribution in [0.1, 0.15) is 32.3 Å². The number of hydrogen-bond donors (Lipinski definition) is 1. The van der Waals surface area contributed by atoms with Gasteiger partial charge in [0, 0.05) is 25.1 Å². The molecule has 0 aliphatic heterocycles. The van der Waals surface area contributed by atoms with Gasteiger partial charge in [-0.25, -0.2) is 4.39 Å². The van der Waals surface area contributed by atoms with E-state index < -0.39 is 16.7 Å². The third-order valence-corrected chi connectivity index (χ3v) is 3.11. The summed E-state index contributed by atoms with van der Waals surface area (Å²) in [7, 11) is 0. The second kappa shape index (κ2) is 7.68. The van der Waals surface area contributed by atoms with Crippen LogP contribution in [-0.2, 0) is 11.3 Å². The smallest absolute Gasteiger partial charge is 0.303 e. The van der Waals surface area contributed by atoms with Gasteiger partial charge in [-0.15, -0.1) is 0 Å². The standard InChI is InChI=1S/C14H19FN2O4/c1-10(2)16(5-3-4-14(18)19)9-11-6-12(15)8-13(7-11)17(20)21/h6-8,10H,3-5,9H2,1-2H3,(H,18,19). The highest BCUT2D eigenvalue weighted by Gasteiger charge is 2.15. The number of aliphatic carboxylic acids is 1. The molecule has 0 aliphatic rings. The summed E-state index contributed by atoms with van der Waals surface area (Å²) in [5.41, 5.74) is 0.227. The van der Waals surface area contributed by atoms with E-state index in [1.54, 1.807) is 0 Å². The van der Waals surface area contributed by atoms with Gasteiger partial charge in [-0.1, -0.05) is 0 Å². The van der Waals surface area contributed by atoms with E-state index >= 15 is 0 Å². The van der Waals surface area contributed by atoms with Crippen LogP contribution in [0.15, 0.2) is 18.2 Å². The fourth-order valence-electron chi connectivity index (χ4n) is 2.02. The van der Waals surface area contributed by atoms with Crippen molar-refractivity contribution < 1.29 is 19.2 Å². The summed E-state index contributed by atoms with van der Waals surface area (Å²) >= 11 is 0. The van der Waals surface area contributed by atoms with Crippen LogP contribution in [0.2, 0.25) is 0 Å². The van der Waals surface area contributed by atoms with Crippen molar-refractivity contribution in [2.75, 3.05) is 6.54 Å². The van der Waals surface area contributed by atoms with Crippen molar-refractivity contribution in [3.63, 3.8) is 0 Å². The lowest BCUT2D eigenvalue weighted by atomic mass is 10.1. The molecule has 0 fully saturated rings. The van der Waals surface area contributed by atoms with Gasteiger partial charge in [0.05, 0.1) is 11.0 Å². The topological polar surface area (TPSA) is 83.7 Å². The summed E-state index contributed by atoms with van der Waals surface area (Å²) in [6.07, 6.45) is 0.539. The molecule has 0 aromatic heterocycles. The Kier molecular flexibility index (Phi) is 6.23. The number of benzene rings is 1. The molecule has 0 unspecified atom stereocenters. The fourth-order valence-corrected chi connectivity index (χ4v) is 2.02. The van der Waals surface area contributed by atoms with Crippen LogP contribution in [0.5, 0.6) is 0 Å². The first-order chi connectivity index (χ1) is 9.79. The predicted molar refractivity (Wildman–Crippen MR) is 75.5 cm³/mol. The molecule has 0 aliphatic carbocycles. The molecule has 116 valence electrons. The second-order valence-corrected chi connectivity index (χ2v) is 5.14. The quantitative estimate of drug-likeness (QED) is 0.589. The van der Waals surface area contributed by atoms with Crippen molar-refractivity contribution in [3.8, 4) is 0 Å². The lowest BCUT2D eigenvalue weighted by molar-refractivity contribution is -0.385. The summed E-state index contributed by atoms with van der Waals surface area (Å²) in [4.78, 5) is 22.6. The SMILES string of the molecule is CC(C)N(CCCC(=O)O)Cc1cc(F)cc([N+](=O)[O-])c1. The molecule has 0 bridgehead atoms. The maximum atomic E-state index is 13.4. The van der Waals surface area contributed by atoms with Crippen molar-refractivity contribution in [2.45, 2.75) is 39.3 Å². The normalized spacial score (nSPS) is 11.1. The van der Waals surface area contributed by atoms with Gasteiger partial charge in [0.1, 0.15) is 5.82 Å². The van der Waals surface area contributed by atoms with E-state index in [4.69, 9.17) is 5.11 Å². The van der Waals surface area contributed by atoms with E-state index in [9.17, 15) is 19.3 Å². The Morgan fingerprint density at radius 2 is 2.10 bits per heavy atom. The van der Waals surface area contributed by atoms with E-state index in [0.717, 1.165) is 6.07 Å². The molecule has 1 aromatic rings. The van der Waals surface area contributed by atoms with Gasteiger partial charge in [-0.3, -0.25) is 19.8 Å². The van der Waals surface area contributed by atoms with Gasteiger partial charge in [-0.2, -0.15) is 0 Å². The third kappa shape index (κ3) is 5.86. The number of carboxylic acid groups (broad SMARTS) is 1. The minimum atomic E-state index is -0.861. The molecule has 0 saturated heterocycles. The van der Waals surface area contributed by atoms with Gasteiger partial charge in [-0.05, 0) is 38.4 Å². The third-order valence-electron chi connectivity index (χ3n) is 3.11. The first-order valence-corrected chi connectivity index (χ1v) is 6.69. The Morgan fingerprint density at radius 3 is 2.62 bits per heavy atom. The van der Waals surface area contributed by atoms with Gasteiger partial charge in [0.15, 0.2) is 0 Å². The molecule has 7 heteroatoms. The predicted octanol–water partition coefficient (Wildman–Crippen LogP) is 2.81. The lowest BCUT2D eigenvalue weighted by Gasteiger charge is -2.26. The van der Waals surface area contributed by atoms with Crippen molar-refractivity contribution >= 4 is 11.7 Å². The maximum Gasteiger partial charge on any atom is 0.303 e. The number of nitro groups is 1. The number of non-ortho nitro benzene ring substituents is 1. The second-order valence-electron chi connectivity index (χ2n) is 5.14. The number of hydrogen-bond acceptors (Lipinski definition) is 4. The summed E-state index contributed by atoms with van der Waals surface area (Å²) in [6, 6.07) is 3.61. The van der Waals surface area contributed by atoms with E-state index in [-0.39, 0.29) is 18.2 Å². The molecule has 1 N–H and O–H groups in total. The van der Waals surface area contributed by atoms with Crippen LogP contribution < -0.4 is 0 Å². The highest BCUT2D eigenvalue weighted by Crippen LogP contribution is 2.18. The number of halogens is 1. The van der Waals surface area contributed by atoms with E-state index in [2.05, 4.69) is 0 Å². The van der Waals surface area contributed by atoms with Gasteiger partial charge in [0.25, 0.3) is 5.69 Å². The fraction of sp³-hybridized carbons (Fsp3) is 0.500. The molecular formula is C14H19FN2O4. The van der Waals surface area contributed by atoms with Crippen molar-refractivity contribution in [1.82, 2.24) is 4.90 Å². The first kappa shape index (κ1) is 17.0. The Morgan fingerprint density at radius 1 is 1.43 bits per heavy atom. The van der Waals surface area contributed by atoms with Crippen LogP contribution in [0, 0.1) is 15.9 Å². The number of nitro benzene ring substituents is 1. The molecule has 0 radical (unpaired) electrons. The van der Waals surface area contributed by atoms with Crippen molar-refractivity contribution in [1.29, 1.82) is 0 Å². The molecule has 0 spiro atoms. The van der Waals surface area contributed by atoms with Crippen LogP contribution in [-0.4, -0.2) is 33.5 Å². The number of carbonyl (C=O) groups is 1. The zero-order valence-corrected chi connectivity index (χ0v) is 12.1. The van der Waals surface area contributed by atoms with Gasteiger partial charge >= 0.3 is 5.97 Å². The monoisotopic (exact) mass is 298 g/mol. The highest BCUT2D eigenvalue weighted by molar-refractivity contribution is 5.66. The lowest BCUT2D eigenvalue weighted by Crippen LogP contribution is -2.31. The summed E-state index contributed by atoms with van der Waals surface area (Å²) in [6.45, 7) is 4.76. The molecule has 1 aromatic carbocycles. The molecule has 0 saturated carbocycles. The molecule has 0 amide bonds. The first-order valence-electron chi connectivity index (χ1n) is 6.69. The van der Waals surface area contributed by atoms with Crippen molar-refractivity contribution in [3.05, 3.63) is 39.7 Å². The van der Waals surface area contributed by atoms with E-state index in [1.165, 1.54) is 12.1 Å². The van der Waals surface area contributed by atoms with Crippen molar-refractivity contribution in [2.24, 2.45) is 0 Å². The average Bonchev–Trinajstić information content (AvgIpc) is 2.36. The van der Waals surface area contributed by atoms with Crippen LogP contribution in [0.25, 0.3) is 0 Å². The molecule has 1 rings (SSSR count). The largest absolute Gasteiger partial charge is 0.481 e. The molecular weight excluding hydrogens is 279 g/mol. The van der Waals surface area contributed by atoms with E-state index in [1.807, 2.05) is 18.7 Å². The van der Waals surface area contributed by atoms with Gasteiger partial charge in [0.2, 0.25) is 0 Å². The Hall–Kier alpha value is -2.02. The molecule has 0 heterocycles. The van der Waals surface area contributed by atoms with E-state index in [0.29, 0.717) is 25.1 Å². The Balaban J connectivity index is 2.79. The summed E-state index contributed by atoms with van der Waals surface area (Å²) in [5.74, 6) is -1.51. The van der Waals surface area contributed by atoms with Crippen LogP contribution in [0.3, 0.4) is 0 Å². The highest BCUT2D eigenvalue weighted by atomic mass is 19.1. The number of carboxylic acids is 1. The minimum Gasteiger partial charge on any atom is -0.481 e. The Labute approximate surface area is 122 Å². The molecule has 21 heavy (non-hydrogen) atoms. The zero-order chi connectivity index (χ0) is 16.0. The minimum absolute atomic E-state index is 0.0620. The molecule has 0 atom stereocenters. The molecule has 6 nitrogen and oxygen atoms in total. The number of rotatable bonds is 8. The van der Waals surface area contributed by atoms with Gasteiger partial charge < -0.3 is 5.11 Å². The van der Waals surface area contributed by atoms with Crippen LogP contribution >= 0.6 is 0 Å². The average molecular weight is 298 g/mol.